The quantitative estimate of drug-likeness (QED) is 0.641. The second kappa shape index (κ2) is 5.43. The smallest absolute Gasteiger partial charge is 0.272 e. The Labute approximate surface area is 120 Å². The van der Waals surface area contributed by atoms with Crippen molar-refractivity contribution in [2.75, 3.05) is 18.0 Å². The van der Waals surface area contributed by atoms with Crippen molar-refractivity contribution in [2.45, 2.75) is 12.8 Å². The second-order valence-electron chi connectivity index (χ2n) is 4.85. The molecule has 0 radical (unpaired) electrons. The van der Waals surface area contributed by atoms with Crippen LogP contribution in [0.3, 0.4) is 0 Å². The largest absolute Gasteiger partial charge is 0.357 e. The maximum atomic E-state index is 14.0. The van der Waals surface area contributed by atoms with E-state index in [1.54, 1.807) is 12.3 Å². The molecule has 0 spiro atoms. The Bertz CT molecular complexity index is 686. The summed E-state index contributed by atoms with van der Waals surface area (Å²) in [5.41, 5.74) is -0.117. The summed E-state index contributed by atoms with van der Waals surface area (Å²) in [5, 5.41) is 10.6. The molecule has 0 aliphatic carbocycles. The maximum absolute atomic E-state index is 14.0. The van der Waals surface area contributed by atoms with Crippen LogP contribution in [0.4, 0.5) is 15.9 Å². The van der Waals surface area contributed by atoms with Gasteiger partial charge in [0.15, 0.2) is 5.82 Å². The average molecular weight is 288 g/mol. The van der Waals surface area contributed by atoms with Crippen LogP contribution in [0.25, 0.3) is 11.4 Å². The van der Waals surface area contributed by atoms with Gasteiger partial charge in [-0.1, -0.05) is 0 Å². The zero-order valence-corrected chi connectivity index (χ0v) is 11.2. The van der Waals surface area contributed by atoms with Gasteiger partial charge in [0.1, 0.15) is 11.6 Å². The van der Waals surface area contributed by atoms with Crippen molar-refractivity contribution in [1.82, 2.24) is 9.97 Å². The van der Waals surface area contributed by atoms with Gasteiger partial charge in [0.25, 0.3) is 5.69 Å². The third-order valence-corrected chi connectivity index (χ3v) is 3.48. The van der Waals surface area contributed by atoms with Gasteiger partial charge in [-0.05, 0) is 25.0 Å². The van der Waals surface area contributed by atoms with E-state index in [1.165, 1.54) is 12.1 Å². The van der Waals surface area contributed by atoms with Crippen molar-refractivity contribution in [1.29, 1.82) is 0 Å². The van der Waals surface area contributed by atoms with Crippen LogP contribution >= 0.6 is 0 Å². The number of aromatic nitrogens is 2. The average Bonchev–Trinajstić information content (AvgIpc) is 3.01. The molecule has 1 aromatic carbocycles. The van der Waals surface area contributed by atoms with E-state index in [0.29, 0.717) is 0 Å². The van der Waals surface area contributed by atoms with E-state index < -0.39 is 10.7 Å². The number of hydrogen-bond donors (Lipinski definition) is 0. The molecule has 2 heterocycles. The van der Waals surface area contributed by atoms with Crippen LogP contribution in [0.5, 0.6) is 0 Å². The lowest BCUT2D eigenvalue weighted by molar-refractivity contribution is -0.385. The van der Waals surface area contributed by atoms with Crippen LogP contribution in [0.2, 0.25) is 0 Å². The minimum atomic E-state index is -0.692. The molecule has 6 nitrogen and oxygen atoms in total. The first-order chi connectivity index (χ1) is 10.1. The zero-order valence-electron chi connectivity index (χ0n) is 11.2. The number of anilines is 1. The molecule has 0 atom stereocenters. The van der Waals surface area contributed by atoms with Gasteiger partial charge in [0.05, 0.1) is 16.6 Å². The number of non-ortho nitro benzene ring substituents is 1. The Morgan fingerprint density at radius 2 is 2.00 bits per heavy atom. The molecule has 0 amide bonds. The number of rotatable bonds is 3. The summed E-state index contributed by atoms with van der Waals surface area (Å²) in [4.78, 5) is 20.6. The van der Waals surface area contributed by atoms with E-state index in [2.05, 4.69) is 14.9 Å². The lowest BCUT2D eigenvalue weighted by Gasteiger charge is -2.16. The summed E-state index contributed by atoms with van der Waals surface area (Å²) in [6, 6.07) is 5.28. The van der Waals surface area contributed by atoms with E-state index in [9.17, 15) is 14.5 Å². The van der Waals surface area contributed by atoms with Crippen LogP contribution in [-0.2, 0) is 0 Å². The van der Waals surface area contributed by atoms with E-state index in [0.717, 1.165) is 37.8 Å². The number of nitrogens with zero attached hydrogens (tertiary/aromatic N) is 4. The maximum Gasteiger partial charge on any atom is 0.272 e. The first-order valence-electron chi connectivity index (χ1n) is 6.67. The van der Waals surface area contributed by atoms with Crippen LogP contribution in [-0.4, -0.2) is 28.0 Å². The van der Waals surface area contributed by atoms with Gasteiger partial charge < -0.3 is 4.90 Å². The van der Waals surface area contributed by atoms with Crippen LogP contribution in [0.15, 0.2) is 30.5 Å². The molecule has 3 rings (SSSR count). The number of hydrogen-bond acceptors (Lipinski definition) is 5. The molecular weight excluding hydrogens is 275 g/mol. The molecule has 0 saturated carbocycles. The zero-order chi connectivity index (χ0) is 14.8. The lowest BCUT2D eigenvalue weighted by Crippen LogP contribution is -2.19. The summed E-state index contributed by atoms with van der Waals surface area (Å²) in [7, 11) is 0. The third kappa shape index (κ3) is 2.67. The first kappa shape index (κ1) is 13.4. The summed E-state index contributed by atoms with van der Waals surface area (Å²) < 4.78 is 14.0. The summed E-state index contributed by atoms with van der Waals surface area (Å²) >= 11 is 0. The van der Waals surface area contributed by atoms with Crippen LogP contribution in [0.1, 0.15) is 12.8 Å². The molecule has 1 saturated heterocycles. The standard InChI is InChI=1S/C14H13FN4O2/c15-12-9-10(19(20)21)3-4-11(12)14-16-6-5-13(17-14)18-7-1-2-8-18/h3-6,9H,1-2,7-8H2. The first-order valence-corrected chi connectivity index (χ1v) is 6.67. The molecule has 0 unspecified atom stereocenters. The minimum Gasteiger partial charge on any atom is -0.357 e. The minimum absolute atomic E-state index is 0.168. The van der Waals surface area contributed by atoms with Gasteiger partial charge in [-0.2, -0.15) is 0 Å². The normalized spacial score (nSPS) is 14.4. The number of halogens is 1. The molecule has 1 aliphatic rings. The van der Waals surface area contributed by atoms with E-state index in [1.807, 2.05) is 0 Å². The van der Waals surface area contributed by atoms with Crippen molar-refractivity contribution in [3.05, 3.63) is 46.4 Å². The summed E-state index contributed by atoms with van der Waals surface area (Å²) in [6.45, 7) is 1.86. The van der Waals surface area contributed by atoms with Crippen LogP contribution in [0, 0.1) is 15.9 Å². The fraction of sp³-hybridized carbons (Fsp3) is 0.286. The SMILES string of the molecule is O=[N+]([O-])c1ccc(-c2nccc(N3CCCC3)n2)c(F)c1. The van der Waals surface area contributed by atoms with Gasteiger partial charge in [0.2, 0.25) is 0 Å². The van der Waals surface area contributed by atoms with Gasteiger partial charge in [-0.3, -0.25) is 10.1 Å². The number of nitro groups is 1. The molecule has 21 heavy (non-hydrogen) atoms. The highest BCUT2D eigenvalue weighted by molar-refractivity contribution is 5.60. The van der Waals surface area contributed by atoms with Gasteiger partial charge in [0, 0.05) is 25.4 Å². The monoisotopic (exact) mass is 288 g/mol. The van der Waals surface area contributed by atoms with Gasteiger partial charge in [-0.25, -0.2) is 14.4 Å². The second-order valence-corrected chi connectivity index (χ2v) is 4.85. The lowest BCUT2D eigenvalue weighted by atomic mass is 10.2. The van der Waals surface area contributed by atoms with Crippen molar-refractivity contribution < 1.29 is 9.31 Å². The van der Waals surface area contributed by atoms with E-state index >= 15 is 0 Å². The summed E-state index contributed by atoms with van der Waals surface area (Å²) in [6.07, 6.45) is 3.81. The highest BCUT2D eigenvalue weighted by Crippen LogP contribution is 2.25. The fourth-order valence-corrected chi connectivity index (χ4v) is 2.40. The van der Waals surface area contributed by atoms with Gasteiger partial charge in [-0.15, -0.1) is 0 Å². The summed E-state index contributed by atoms with van der Waals surface area (Å²) in [5.74, 6) is 0.310. The number of benzene rings is 1. The molecule has 1 fully saturated rings. The predicted octanol–water partition coefficient (Wildman–Crippen LogP) is 2.79. The Kier molecular flexibility index (Phi) is 3.47. The molecule has 108 valence electrons. The van der Waals surface area contributed by atoms with Crippen molar-refractivity contribution in [2.24, 2.45) is 0 Å². The molecule has 0 bridgehead atoms. The van der Waals surface area contributed by atoms with Crippen molar-refractivity contribution in [3.63, 3.8) is 0 Å². The molecule has 1 aromatic heterocycles. The molecule has 0 N–H and O–H groups in total. The molecule has 2 aromatic rings. The Balaban J connectivity index is 1.96. The molecular formula is C14H13FN4O2. The Morgan fingerprint density at radius 3 is 2.67 bits per heavy atom. The van der Waals surface area contributed by atoms with Crippen molar-refractivity contribution in [3.8, 4) is 11.4 Å². The van der Waals surface area contributed by atoms with E-state index in [4.69, 9.17) is 0 Å². The van der Waals surface area contributed by atoms with E-state index in [-0.39, 0.29) is 17.1 Å². The molecule has 7 heteroatoms. The Morgan fingerprint density at radius 1 is 1.24 bits per heavy atom. The van der Waals surface area contributed by atoms with Gasteiger partial charge >= 0.3 is 0 Å². The third-order valence-electron chi connectivity index (χ3n) is 3.48. The fourth-order valence-electron chi connectivity index (χ4n) is 2.40. The highest BCUT2D eigenvalue weighted by atomic mass is 19.1. The predicted molar refractivity (Wildman–Crippen MR) is 75.5 cm³/mol. The highest BCUT2D eigenvalue weighted by Gasteiger charge is 2.17. The van der Waals surface area contributed by atoms with Crippen LogP contribution < -0.4 is 4.90 Å². The Hall–Kier alpha value is -2.57. The topological polar surface area (TPSA) is 72.2 Å². The molecule has 1 aliphatic heterocycles. The number of nitro benzene ring substituents is 1. The van der Waals surface area contributed by atoms with Crippen molar-refractivity contribution >= 4 is 11.5 Å².